The highest BCUT2D eigenvalue weighted by Gasteiger charge is 2.15. The molecule has 4 aromatic carbocycles. The van der Waals surface area contributed by atoms with Gasteiger partial charge in [-0.05, 0) is 47.2 Å². The van der Waals surface area contributed by atoms with Gasteiger partial charge in [0, 0.05) is 0 Å². The molecule has 0 aliphatic rings. The third-order valence-corrected chi connectivity index (χ3v) is 4.89. The average Bonchev–Trinajstić information content (AvgIpc) is 2.83. The molecule has 0 atom stereocenters. The smallest absolute Gasteiger partial charge is 0.262 e. The van der Waals surface area contributed by atoms with Crippen LogP contribution in [0.25, 0.3) is 10.8 Å². The van der Waals surface area contributed by atoms with Crippen LogP contribution >= 0.6 is 0 Å². The Kier molecular flexibility index (Phi) is 6.32. The molecule has 4 rings (SSSR count). The summed E-state index contributed by atoms with van der Waals surface area (Å²) < 4.78 is 10.9. The molecule has 32 heavy (non-hydrogen) atoms. The van der Waals surface area contributed by atoms with Gasteiger partial charge in [0.1, 0.15) is 11.5 Å². The topological polar surface area (TPSA) is 76.7 Å². The molecule has 0 saturated heterocycles. The molecule has 6 heteroatoms. The van der Waals surface area contributed by atoms with E-state index in [4.69, 9.17) is 9.47 Å². The van der Waals surface area contributed by atoms with Crippen LogP contribution in [0, 0.1) is 0 Å². The van der Waals surface area contributed by atoms with Gasteiger partial charge in [0.25, 0.3) is 11.8 Å². The largest absolute Gasteiger partial charge is 0.495 e. The van der Waals surface area contributed by atoms with Gasteiger partial charge in [-0.2, -0.15) is 0 Å². The minimum absolute atomic E-state index is 0.180. The number of methoxy groups -OCH3 is 1. The van der Waals surface area contributed by atoms with Crippen molar-refractivity contribution in [2.45, 2.75) is 0 Å². The van der Waals surface area contributed by atoms with E-state index in [1.54, 1.807) is 42.5 Å². The molecule has 0 aliphatic carbocycles. The van der Waals surface area contributed by atoms with Crippen molar-refractivity contribution in [2.75, 3.05) is 24.4 Å². The first kappa shape index (κ1) is 20.9. The van der Waals surface area contributed by atoms with Crippen molar-refractivity contribution in [1.29, 1.82) is 0 Å². The number of carbonyl (C=O) groups excluding carboxylic acids is 2. The number of anilines is 2. The average molecular weight is 426 g/mol. The van der Waals surface area contributed by atoms with Crippen molar-refractivity contribution in [3.63, 3.8) is 0 Å². The third kappa shape index (κ3) is 4.87. The zero-order chi connectivity index (χ0) is 22.3. The summed E-state index contributed by atoms with van der Waals surface area (Å²) in [6, 6.07) is 27.5. The monoisotopic (exact) mass is 426 g/mol. The van der Waals surface area contributed by atoms with Crippen LogP contribution in [0.1, 0.15) is 10.4 Å². The maximum absolute atomic E-state index is 12.8. The van der Waals surface area contributed by atoms with Crippen LogP contribution in [0.3, 0.4) is 0 Å². The molecule has 160 valence electrons. The molecular formula is C26H22N2O4. The molecule has 2 N–H and O–H groups in total. The van der Waals surface area contributed by atoms with Gasteiger partial charge in [0.15, 0.2) is 6.61 Å². The summed E-state index contributed by atoms with van der Waals surface area (Å²) in [5, 5.41) is 7.70. The Bertz CT molecular complexity index is 1270. The molecular weight excluding hydrogens is 404 g/mol. The van der Waals surface area contributed by atoms with Crippen LogP contribution in [0.4, 0.5) is 11.4 Å². The second-order valence-electron chi connectivity index (χ2n) is 7.05. The molecule has 4 aromatic rings. The number of hydrogen-bond acceptors (Lipinski definition) is 4. The van der Waals surface area contributed by atoms with E-state index in [0.29, 0.717) is 28.4 Å². The minimum Gasteiger partial charge on any atom is -0.495 e. The Labute approximate surface area is 185 Å². The van der Waals surface area contributed by atoms with Crippen molar-refractivity contribution < 1.29 is 19.1 Å². The number of rotatable bonds is 7. The van der Waals surface area contributed by atoms with Crippen molar-refractivity contribution in [3.8, 4) is 11.5 Å². The first-order valence-corrected chi connectivity index (χ1v) is 10.1. The standard InChI is InChI=1S/C26H22N2O4/c1-31-24-13-7-6-12-23(24)28-26(30)21-10-4-5-11-22(21)27-25(29)17-32-20-15-14-18-8-2-3-9-19(18)16-20/h2-16H,17H2,1H3,(H,27,29)(H,28,30). The van der Waals surface area contributed by atoms with Gasteiger partial charge in [0.2, 0.25) is 0 Å². The predicted molar refractivity (Wildman–Crippen MR) is 125 cm³/mol. The number of nitrogens with one attached hydrogen (secondary N) is 2. The molecule has 0 heterocycles. The number of para-hydroxylation sites is 3. The highest BCUT2D eigenvalue weighted by atomic mass is 16.5. The van der Waals surface area contributed by atoms with Crippen LogP contribution in [0.5, 0.6) is 11.5 Å². The summed E-state index contributed by atoms with van der Waals surface area (Å²) >= 11 is 0. The van der Waals surface area contributed by atoms with Crippen LogP contribution in [-0.4, -0.2) is 25.5 Å². The zero-order valence-electron chi connectivity index (χ0n) is 17.5. The van der Waals surface area contributed by atoms with Crippen LogP contribution in [-0.2, 0) is 4.79 Å². The number of benzene rings is 4. The second kappa shape index (κ2) is 9.66. The van der Waals surface area contributed by atoms with E-state index >= 15 is 0 Å². The van der Waals surface area contributed by atoms with Gasteiger partial charge in [-0.25, -0.2) is 0 Å². The summed E-state index contributed by atoms with van der Waals surface area (Å²) in [5.74, 6) is 0.420. The molecule has 0 unspecified atom stereocenters. The number of hydrogen-bond donors (Lipinski definition) is 2. The maximum atomic E-state index is 12.8. The van der Waals surface area contributed by atoms with E-state index in [-0.39, 0.29) is 18.4 Å². The fourth-order valence-electron chi connectivity index (χ4n) is 3.32. The lowest BCUT2D eigenvalue weighted by molar-refractivity contribution is -0.118. The van der Waals surface area contributed by atoms with Crippen molar-refractivity contribution >= 4 is 34.0 Å². The van der Waals surface area contributed by atoms with Crippen LogP contribution in [0.2, 0.25) is 0 Å². The summed E-state index contributed by atoms with van der Waals surface area (Å²) in [4.78, 5) is 25.3. The minimum atomic E-state index is -0.365. The Morgan fingerprint density at radius 2 is 1.44 bits per heavy atom. The molecule has 0 bridgehead atoms. The molecule has 0 aromatic heterocycles. The van der Waals surface area contributed by atoms with Crippen molar-refractivity contribution in [2.24, 2.45) is 0 Å². The molecule has 0 radical (unpaired) electrons. The maximum Gasteiger partial charge on any atom is 0.262 e. The van der Waals surface area contributed by atoms with E-state index in [9.17, 15) is 9.59 Å². The summed E-state index contributed by atoms with van der Waals surface area (Å²) in [5.41, 5.74) is 1.27. The number of carbonyl (C=O) groups is 2. The van der Waals surface area contributed by atoms with Gasteiger partial charge >= 0.3 is 0 Å². The van der Waals surface area contributed by atoms with E-state index in [0.717, 1.165) is 10.8 Å². The zero-order valence-corrected chi connectivity index (χ0v) is 17.5. The SMILES string of the molecule is COc1ccccc1NC(=O)c1ccccc1NC(=O)COc1ccc2ccccc2c1. The molecule has 0 saturated carbocycles. The lowest BCUT2D eigenvalue weighted by Crippen LogP contribution is -2.22. The number of ether oxygens (including phenoxy) is 2. The third-order valence-electron chi connectivity index (χ3n) is 4.89. The van der Waals surface area contributed by atoms with Crippen LogP contribution in [0.15, 0.2) is 91.0 Å². The molecule has 2 amide bonds. The first-order valence-electron chi connectivity index (χ1n) is 10.1. The Morgan fingerprint density at radius 1 is 0.750 bits per heavy atom. The van der Waals surface area contributed by atoms with Crippen LogP contribution < -0.4 is 20.1 Å². The summed E-state index contributed by atoms with van der Waals surface area (Å²) in [6.45, 7) is -0.180. The summed E-state index contributed by atoms with van der Waals surface area (Å²) in [7, 11) is 1.54. The number of amides is 2. The quantitative estimate of drug-likeness (QED) is 0.430. The van der Waals surface area contributed by atoms with E-state index < -0.39 is 0 Å². The highest BCUT2D eigenvalue weighted by Crippen LogP contribution is 2.25. The van der Waals surface area contributed by atoms with Gasteiger partial charge in [-0.15, -0.1) is 0 Å². The lowest BCUT2D eigenvalue weighted by Gasteiger charge is -2.13. The lowest BCUT2D eigenvalue weighted by atomic mass is 10.1. The van der Waals surface area contributed by atoms with Gasteiger partial charge < -0.3 is 20.1 Å². The van der Waals surface area contributed by atoms with Crippen molar-refractivity contribution in [3.05, 3.63) is 96.6 Å². The Balaban J connectivity index is 1.42. The Hall–Kier alpha value is -4.32. The second-order valence-corrected chi connectivity index (χ2v) is 7.05. The predicted octanol–water partition coefficient (Wildman–Crippen LogP) is 5.12. The van der Waals surface area contributed by atoms with E-state index in [1.165, 1.54) is 7.11 Å². The normalized spacial score (nSPS) is 10.4. The van der Waals surface area contributed by atoms with E-state index in [2.05, 4.69) is 10.6 Å². The van der Waals surface area contributed by atoms with E-state index in [1.807, 2.05) is 48.5 Å². The molecule has 0 aliphatic heterocycles. The highest BCUT2D eigenvalue weighted by molar-refractivity contribution is 6.10. The molecule has 0 spiro atoms. The van der Waals surface area contributed by atoms with Gasteiger partial charge in [0.05, 0.1) is 24.0 Å². The Morgan fingerprint density at radius 3 is 2.25 bits per heavy atom. The summed E-state index contributed by atoms with van der Waals surface area (Å²) in [6.07, 6.45) is 0. The number of fused-ring (bicyclic) bond motifs is 1. The molecule has 0 fully saturated rings. The first-order chi connectivity index (χ1) is 15.6. The van der Waals surface area contributed by atoms with Crippen molar-refractivity contribution in [1.82, 2.24) is 0 Å². The van der Waals surface area contributed by atoms with Gasteiger partial charge in [-0.1, -0.05) is 54.6 Å². The fourth-order valence-corrected chi connectivity index (χ4v) is 3.32. The van der Waals surface area contributed by atoms with Gasteiger partial charge in [-0.3, -0.25) is 9.59 Å². The molecule has 6 nitrogen and oxygen atoms in total. The fraction of sp³-hybridized carbons (Fsp3) is 0.0769.